The molecule has 0 aliphatic heterocycles. The standard InChI is InChI=1S/C10H14O4S4/c1-15-10(17(2,11)12,18(3,13)14)16-9-7-5-4-6-8-9/h4-8H,1-3H3. The summed E-state index contributed by atoms with van der Waals surface area (Å²) in [5.41, 5.74) is 0. The summed E-state index contributed by atoms with van der Waals surface area (Å²) in [5, 5.41) is 0. The third-order valence-corrected chi connectivity index (χ3v) is 12.9. The van der Waals surface area contributed by atoms with E-state index in [1.807, 2.05) is 0 Å². The highest BCUT2D eigenvalue weighted by Crippen LogP contribution is 2.48. The molecular formula is C10H14O4S4. The Balaban J connectivity index is 3.40. The van der Waals surface area contributed by atoms with E-state index in [4.69, 9.17) is 0 Å². The maximum absolute atomic E-state index is 11.9. The molecule has 0 aliphatic carbocycles. The molecule has 0 unspecified atom stereocenters. The summed E-state index contributed by atoms with van der Waals surface area (Å²) in [6.07, 6.45) is 3.37. The summed E-state index contributed by atoms with van der Waals surface area (Å²) in [5.74, 6) is 0. The molecule has 1 aromatic carbocycles. The monoisotopic (exact) mass is 326 g/mol. The molecular weight excluding hydrogens is 312 g/mol. The van der Waals surface area contributed by atoms with Crippen molar-refractivity contribution < 1.29 is 16.8 Å². The van der Waals surface area contributed by atoms with Crippen molar-refractivity contribution in [1.82, 2.24) is 0 Å². The second-order valence-corrected chi connectivity index (χ2v) is 11.8. The molecule has 0 saturated carbocycles. The highest BCUT2D eigenvalue weighted by atomic mass is 32.4. The molecule has 1 rings (SSSR count). The van der Waals surface area contributed by atoms with E-state index in [2.05, 4.69) is 0 Å². The lowest BCUT2D eigenvalue weighted by Crippen LogP contribution is -2.38. The van der Waals surface area contributed by atoms with Crippen LogP contribution < -0.4 is 0 Å². The van der Waals surface area contributed by atoms with Crippen LogP contribution in [0.5, 0.6) is 0 Å². The predicted molar refractivity (Wildman–Crippen MR) is 78.2 cm³/mol. The van der Waals surface area contributed by atoms with Crippen LogP contribution in [0.4, 0.5) is 0 Å². The summed E-state index contributed by atoms with van der Waals surface area (Å²) in [6, 6.07) is 8.62. The summed E-state index contributed by atoms with van der Waals surface area (Å²) in [7, 11) is -7.59. The van der Waals surface area contributed by atoms with Gasteiger partial charge >= 0.3 is 0 Å². The van der Waals surface area contributed by atoms with Gasteiger partial charge in [-0.25, -0.2) is 16.8 Å². The molecule has 0 saturated heterocycles. The first-order valence-electron chi connectivity index (χ1n) is 4.82. The number of sulfone groups is 2. The second kappa shape index (κ2) is 5.44. The highest BCUT2D eigenvalue weighted by Gasteiger charge is 2.51. The summed E-state index contributed by atoms with van der Waals surface area (Å²) >= 11 is 1.65. The quantitative estimate of drug-likeness (QED) is 0.607. The van der Waals surface area contributed by atoms with Crippen molar-refractivity contribution in [3.63, 3.8) is 0 Å². The topological polar surface area (TPSA) is 68.3 Å². The maximum atomic E-state index is 11.9. The molecule has 0 aromatic heterocycles. The van der Waals surface area contributed by atoms with Crippen LogP contribution in [0.1, 0.15) is 0 Å². The zero-order chi connectivity index (χ0) is 14.0. The molecule has 1 aromatic rings. The number of hydrogen-bond donors (Lipinski definition) is 0. The van der Waals surface area contributed by atoms with Crippen LogP contribution in [-0.2, 0) is 19.7 Å². The van der Waals surface area contributed by atoms with Gasteiger partial charge < -0.3 is 0 Å². The molecule has 8 heteroatoms. The molecule has 4 nitrogen and oxygen atoms in total. The molecule has 0 fully saturated rings. The summed E-state index contributed by atoms with van der Waals surface area (Å²) in [4.78, 5) is 0.600. The number of rotatable bonds is 5. The predicted octanol–water partition coefficient (Wildman–Crippen LogP) is 1.84. The first-order valence-corrected chi connectivity index (χ1v) is 10.6. The van der Waals surface area contributed by atoms with E-state index in [1.165, 1.54) is 6.26 Å². The third-order valence-electron chi connectivity index (χ3n) is 2.14. The number of hydrogen-bond acceptors (Lipinski definition) is 6. The van der Waals surface area contributed by atoms with E-state index in [-0.39, 0.29) is 0 Å². The lowest BCUT2D eigenvalue weighted by molar-refractivity contribution is 0.589. The Kier molecular flexibility index (Phi) is 4.80. The van der Waals surface area contributed by atoms with Crippen molar-refractivity contribution in [1.29, 1.82) is 0 Å². The zero-order valence-electron chi connectivity index (χ0n) is 10.2. The van der Waals surface area contributed by atoms with E-state index < -0.39 is 22.4 Å². The zero-order valence-corrected chi connectivity index (χ0v) is 13.4. The van der Waals surface area contributed by atoms with Crippen molar-refractivity contribution >= 4 is 43.2 Å². The average molecular weight is 326 g/mol. The molecule has 102 valence electrons. The van der Waals surface area contributed by atoms with Crippen LogP contribution in [0.25, 0.3) is 0 Å². The number of benzene rings is 1. The molecule has 0 aliphatic rings. The van der Waals surface area contributed by atoms with Gasteiger partial charge in [-0.15, -0.1) is 11.8 Å². The Morgan fingerprint density at radius 1 is 0.944 bits per heavy atom. The van der Waals surface area contributed by atoms with Gasteiger partial charge in [0.15, 0.2) is 19.7 Å². The van der Waals surface area contributed by atoms with Crippen LogP contribution in [0, 0.1) is 0 Å². The largest absolute Gasteiger partial charge is 0.267 e. The smallest absolute Gasteiger partial charge is 0.226 e. The van der Waals surface area contributed by atoms with E-state index in [9.17, 15) is 16.8 Å². The maximum Gasteiger partial charge on any atom is 0.267 e. The highest BCUT2D eigenvalue weighted by molar-refractivity contribution is 8.43. The van der Waals surface area contributed by atoms with Crippen LogP contribution in [0.2, 0.25) is 0 Å². The molecule has 0 bridgehead atoms. The minimum atomic E-state index is -3.79. The average Bonchev–Trinajstić information content (AvgIpc) is 2.23. The van der Waals surface area contributed by atoms with Crippen molar-refractivity contribution in [3.8, 4) is 0 Å². The SMILES string of the molecule is CSC(Sc1ccccc1)(S(C)(=O)=O)S(C)(=O)=O. The van der Waals surface area contributed by atoms with Gasteiger partial charge in [-0.2, -0.15) is 0 Å². The Morgan fingerprint density at radius 3 is 1.72 bits per heavy atom. The normalized spacial score (nSPS) is 13.5. The Hall–Kier alpha value is -0.180. The van der Waals surface area contributed by atoms with E-state index in [0.717, 1.165) is 36.0 Å². The van der Waals surface area contributed by atoms with Gasteiger partial charge in [-0.05, 0) is 18.4 Å². The second-order valence-electron chi connectivity index (χ2n) is 3.66. The summed E-state index contributed by atoms with van der Waals surface area (Å²) in [6.45, 7) is 0. The van der Waals surface area contributed by atoms with Crippen molar-refractivity contribution in [3.05, 3.63) is 30.3 Å². The van der Waals surface area contributed by atoms with Crippen molar-refractivity contribution in [2.45, 2.75) is 7.64 Å². The minimum absolute atomic E-state index is 0.600. The van der Waals surface area contributed by atoms with Crippen LogP contribution in [-0.4, -0.2) is 38.3 Å². The van der Waals surface area contributed by atoms with Crippen LogP contribution in [0.3, 0.4) is 0 Å². The van der Waals surface area contributed by atoms with Crippen molar-refractivity contribution in [2.24, 2.45) is 0 Å². The third kappa shape index (κ3) is 3.04. The van der Waals surface area contributed by atoms with E-state index in [1.54, 1.807) is 30.3 Å². The van der Waals surface area contributed by atoms with Gasteiger partial charge in [-0.1, -0.05) is 30.0 Å². The molecule has 0 radical (unpaired) electrons. The Bertz CT molecular complexity index is 573. The van der Waals surface area contributed by atoms with Gasteiger partial charge in [0, 0.05) is 17.4 Å². The van der Waals surface area contributed by atoms with Crippen LogP contribution >= 0.6 is 23.5 Å². The fourth-order valence-corrected chi connectivity index (χ4v) is 9.02. The Morgan fingerprint density at radius 2 is 1.39 bits per heavy atom. The molecule has 0 amide bonds. The first kappa shape index (κ1) is 15.9. The molecule has 0 spiro atoms. The van der Waals surface area contributed by atoms with Gasteiger partial charge in [0.1, 0.15) is 0 Å². The van der Waals surface area contributed by atoms with Gasteiger partial charge in [0.2, 0.25) is 0 Å². The Labute approximate surface area is 116 Å². The van der Waals surface area contributed by atoms with Gasteiger partial charge in [-0.3, -0.25) is 0 Å². The molecule has 0 atom stereocenters. The molecule has 0 N–H and O–H groups in total. The van der Waals surface area contributed by atoms with E-state index >= 15 is 0 Å². The summed E-state index contributed by atoms with van der Waals surface area (Å²) < 4.78 is 45.8. The van der Waals surface area contributed by atoms with E-state index in [0.29, 0.717) is 4.90 Å². The number of thioether (sulfide) groups is 2. The molecule has 18 heavy (non-hydrogen) atoms. The first-order chi connectivity index (χ1) is 8.14. The fraction of sp³-hybridized carbons (Fsp3) is 0.400. The van der Waals surface area contributed by atoms with Crippen molar-refractivity contribution in [2.75, 3.05) is 18.8 Å². The lowest BCUT2D eigenvalue weighted by atomic mass is 10.4. The van der Waals surface area contributed by atoms with Gasteiger partial charge in [0.25, 0.3) is 2.74 Å². The lowest BCUT2D eigenvalue weighted by Gasteiger charge is -2.27. The van der Waals surface area contributed by atoms with Crippen LogP contribution in [0.15, 0.2) is 35.2 Å². The molecule has 0 heterocycles. The fourth-order valence-electron chi connectivity index (χ4n) is 1.40. The minimum Gasteiger partial charge on any atom is -0.226 e. The van der Waals surface area contributed by atoms with Gasteiger partial charge in [0.05, 0.1) is 0 Å².